The van der Waals surface area contributed by atoms with E-state index in [2.05, 4.69) is 25.9 Å². The summed E-state index contributed by atoms with van der Waals surface area (Å²) < 4.78 is 50.5. The second-order valence-electron chi connectivity index (χ2n) is 3.70. The predicted octanol–water partition coefficient (Wildman–Crippen LogP) is 1.29. The molecule has 1 amide bonds. The summed E-state index contributed by atoms with van der Waals surface area (Å²) in [6.07, 6.45) is -4.87. The van der Waals surface area contributed by atoms with E-state index in [-0.39, 0.29) is 17.9 Å². The Morgan fingerprint density at radius 3 is 2.70 bits per heavy atom. The van der Waals surface area contributed by atoms with E-state index in [0.29, 0.717) is 12.1 Å². The fourth-order valence-corrected chi connectivity index (χ4v) is 1.40. The third-order valence-electron chi connectivity index (χ3n) is 2.33. The van der Waals surface area contributed by atoms with E-state index in [1.807, 2.05) is 0 Å². The minimum Gasteiger partial charge on any atom is -0.345 e. The lowest BCUT2D eigenvalue weighted by Gasteiger charge is -2.09. The lowest BCUT2D eigenvalue weighted by atomic mass is 10.1. The highest BCUT2D eigenvalue weighted by Crippen LogP contribution is 2.31. The van der Waals surface area contributed by atoms with Crippen molar-refractivity contribution in [2.24, 2.45) is 0 Å². The maximum absolute atomic E-state index is 13.1. The third-order valence-corrected chi connectivity index (χ3v) is 2.33. The van der Waals surface area contributed by atoms with Gasteiger partial charge in [-0.2, -0.15) is 18.4 Å². The minimum atomic E-state index is -4.87. The van der Waals surface area contributed by atoms with Crippen molar-refractivity contribution in [2.75, 3.05) is 0 Å². The summed E-state index contributed by atoms with van der Waals surface area (Å²) in [7, 11) is 0. The van der Waals surface area contributed by atoms with Crippen molar-refractivity contribution in [3.05, 3.63) is 41.0 Å². The van der Waals surface area contributed by atoms with Crippen LogP contribution in [0, 0.1) is 5.82 Å². The molecular weight excluding hydrogens is 282 g/mol. The molecule has 1 aromatic heterocycles. The fourth-order valence-electron chi connectivity index (χ4n) is 1.40. The van der Waals surface area contributed by atoms with Gasteiger partial charge in [-0.1, -0.05) is 5.21 Å². The van der Waals surface area contributed by atoms with Gasteiger partial charge < -0.3 is 5.32 Å². The lowest BCUT2D eigenvalue weighted by Crippen LogP contribution is -2.24. The van der Waals surface area contributed by atoms with Crippen molar-refractivity contribution in [1.29, 1.82) is 0 Å². The number of carbonyl (C=O) groups excluding carboxylic acids is 1. The van der Waals surface area contributed by atoms with E-state index >= 15 is 0 Å². The van der Waals surface area contributed by atoms with Gasteiger partial charge in [-0.05, 0) is 18.2 Å². The summed E-state index contributed by atoms with van der Waals surface area (Å²) in [6.45, 7) is -0.117. The van der Waals surface area contributed by atoms with Crippen LogP contribution in [0.25, 0.3) is 0 Å². The predicted molar refractivity (Wildman–Crippen MR) is 56.7 cm³/mol. The molecular formula is C10H7F4N5O. The molecule has 6 nitrogen and oxygen atoms in total. The Kier molecular flexibility index (Phi) is 3.63. The molecule has 2 N–H and O–H groups in total. The number of hydrogen-bond acceptors (Lipinski definition) is 4. The average molecular weight is 289 g/mol. The number of nitrogens with zero attached hydrogens (tertiary/aromatic N) is 3. The summed E-state index contributed by atoms with van der Waals surface area (Å²) in [5.41, 5.74) is -1.81. The Morgan fingerprint density at radius 2 is 2.10 bits per heavy atom. The number of aromatic nitrogens is 4. The molecule has 0 aliphatic heterocycles. The normalized spacial score (nSPS) is 11.4. The zero-order valence-corrected chi connectivity index (χ0v) is 9.70. The molecule has 0 fully saturated rings. The smallest absolute Gasteiger partial charge is 0.345 e. The van der Waals surface area contributed by atoms with Crippen molar-refractivity contribution < 1.29 is 22.4 Å². The van der Waals surface area contributed by atoms with Crippen molar-refractivity contribution in [1.82, 2.24) is 25.9 Å². The van der Waals surface area contributed by atoms with Crippen LogP contribution >= 0.6 is 0 Å². The molecule has 0 atom stereocenters. The number of rotatable bonds is 3. The Balaban J connectivity index is 2.14. The molecule has 0 spiro atoms. The Bertz CT molecular complexity index is 611. The highest BCUT2D eigenvalue weighted by Gasteiger charge is 2.34. The van der Waals surface area contributed by atoms with Crippen LogP contribution in [0.2, 0.25) is 0 Å². The second-order valence-corrected chi connectivity index (χ2v) is 3.70. The molecule has 1 heterocycles. The van der Waals surface area contributed by atoms with Gasteiger partial charge in [0.2, 0.25) is 0 Å². The molecule has 20 heavy (non-hydrogen) atoms. The molecule has 0 saturated heterocycles. The van der Waals surface area contributed by atoms with Gasteiger partial charge in [0, 0.05) is 5.56 Å². The number of benzene rings is 1. The van der Waals surface area contributed by atoms with Gasteiger partial charge in [0.05, 0.1) is 12.1 Å². The SMILES string of the molecule is O=C(NCc1nn[nH]n1)c1ccc(F)c(C(F)(F)F)c1. The van der Waals surface area contributed by atoms with Crippen LogP contribution < -0.4 is 5.32 Å². The number of H-pyrrole nitrogens is 1. The molecule has 0 aliphatic rings. The first-order valence-corrected chi connectivity index (χ1v) is 5.25. The molecule has 0 radical (unpaired) electrons. The van der Waals surface area contributed by atoms with E-state index in [4.69, 9.17) is 0 Å². The van der Waals surface area contributed by atoms with Crippen LogP contribution in [0.4, 0.5) is 17.6 Å². The average Bonchev–Trinajstić information content (AvgIpc) is 2.88. The number of amides is 1. The molecule has 2 aromatic rings. The molecule has 10 heteroatoms. The number of nitrogens with one attached hydrogen (secondary N) is 2. The van der Waals surface area contributed by atoms with Gasteiger partial charge in [0.25, 0.3) is 5.91 Å². The first-order chi connectivity index (χ1) is 9.38. The zero-order chi connectivity index (χ0) is 14.8. The quantitative estimate of drug-likeness (QED) is 0.834. The monoisotopic (exact) mass is 289 g/mol. The summed E-state index contributed by atoms with van der Waals surface area (Å²) in [5, 5.41) is 14.8. The molecule has 0 saturated carbocycles. The highest BCUT2D eigenvalue weighted by molar-refractivity contribution is 5.94. The summed E-state index contributed by atoms with van der Waals surface area (Å²) in [6, 6.07) is 1.99. The Labute approximate surface area is 109 Å². The Morgan fingerprint density at radius 1 is 1.35 bits per heavy atom. The molecule has 2 rings (SSSR count). The van der Waals surface area contributed by atoms with Gasteiger partial charge in [-0.15, -0.1) is 10.2 Å². The number of carbonyl (C=O) groups is 1. The molecule has 1 aromatic carbocycles. The molecule has 106 valence electrons. The summed E-state index contributed by atoms with van der Waals surface area (Å²) in [4.78, 5) is 11.6. The van der Waals surface area contributed by atoms with E-state index in [1.165, 1.54) is 0 Å². The number of halogens is 4. The number of aromatic amines is 1. The largest absolute Gasteiger partial charge is 0.419 e. The van der Waals surface area contributed by atoms with E-state index < -0.39 is 23.5 Å². The third kappa shape index (κ3) is 3.08. The standard InChI is InChI=1S/C10H7F4N5O/c11-7-2-1-5(3-6(7)10(12,13)14)9(20)15-4-8-16-18-19-17-8/h1-3H,4H2,(H,15,20)(H,16,17,18,19). The number of alkyl halides is 3. The van der Waals surface area contributed by atoms with Crippen molar-refractivity contribution in [2.45, 2.75) is 12.7 Å². The molecule has 0 bridgehead atoms. The van der Waals surface area contributed by atoms with Crippen molar-refractivity contribution in [3.8, 4) is 0 Å². The molecule has 0 unspecified atom stereocenters. The number of hydrogen-bond donors (Lipinski definition) is 2. The summed E-state index contributed by atoms with van der Waals surface area (Å²) in [5.74, 6) is -2.08. The maximum Gasteiger partial charge on any atom is 0.419 e. The van der Waals surface area contributed by atoms with Crippen LogP contribution in [0.3, 0.4) is 0 Å². The topological polar surface area (TPSA) is 83.6 Å². The van der Waals surface area contributed by atoms with E-state index in [1.54, 1.807) is 0 Å². The van der Waals surface area contributed by atoms with Crippen LogP contribution in [0.1, 0.15) is 21.7 Å². The number of tetrazole rings is 1. The highest BCUT2D eigenvalue weighted by atomic mass is 19.4. The van der Waals surface area contributed by atoms with Gasteiger partial charge in [0.1, 0.15) is 5.82 Å². The van der Waals surface area contributed by atoms with Crippen LogP contribution in [0.5, 0.6) is 0 Å². The first-order valence-electron chi connectivity index (χ1n) is 5.25. The zero-order valence-electron chi connectivity index (χ0n) is 9.70. The molecule has 0 aliphatic carbocycles. The van der Waals surface area contributed by atoms with Crippen LogP contribution in [-0.4, -0.2) is 26.5 Å². The van der Waals surface area contributed by atoms with Gasteiger partial charge in [0.15, 0.2) is 5.82 Å². The lowest BCUT2D eigenvalue weighted by molar-refractivity contribution is -0.140. The summed E-state index contributed by atoms with van der Waals surface area (Å²) >= 11 is 0. The van der Waals surface area contributed by atoms with E-state index in [0.717, 1.165) is 6.07 Å². The van der Waals surface area contributed by atoms with Crippen molar-refractivity contribution >= 4 is 5.91 Å². The second kappa shape index (κ2) is 5.23. The van der Waals surface area contributed by atoms with Gasteiger partial charge in [-0.3, -0.25) is 4.79 Å². The van der Waals surface area contributed by atoms with Gasteiger partial charge >= 0.3 is 6.18 Å². The van der Waals surface area contributed by atoms with Gasteiger partial charge in [-0.25, -0.2) is 4.39 Å². The Hall–Kier alpha value is -2.52. The van der Waals surface area contributed by atoms with E-state index in [9.17, 15) is 22.4 Å². The van der Waals surface area contributed by atoms with Crippen LogP contribution in [0.15, 0.2) is 18.2 Å². The fraction of sp³-hybridized carbons (Fsp3) is 0.200. The maximum atomic E-state index is 13.1. The minimum absolute atomic E-state index is 0.117. The first kappa shape index (κ1) is 13.9. The van der Waals surface area contributed by atoms with Crippen molar-refractivity contribution in [3.63, 3.8) is 0 Å². The van der Waals surface area contributed by atoms with Crippen LogP contribution in [-0.2, 0) is 12.7 Å².